The van der Waals surface area contributed by atoms with Crippen LogP contribution < -0.4 is 5.69 Å². The lowest BCUT2D eigenvalue weighted by Crippen LogP contribution is -2.26. The van der Waals surface area contributed by atoms with Crippen molar-refractivity contribution in [3.63, 3.8) is 0 Å². The number of nitrogens with zero attached hydrogens (tertiary/aromatic N) is 6. The summed E-state index contributed by atoms with van der Waals surface area (Å²) in [6.45, 7) is 1.17. The normalized spacial score (nSPS) is 11.8. The summed E-state index contributed by atoms with van der Waals surface area (Å²) in [4.78, 5) is 22.9. The Morgan fingerprint density at radius 3 is 2.42 bits per heavy atom. The van der Waals surface area contributed by atoms with Crippen molar-refractivity contribution in [2.45, 2.75) is 37.4 Å². The minimum atomic E-state index is -3.30. The van der Waals surface area contributed by atoms with Gasteiger partial charge in [0.2, 0.25) is 0 Å². The predicted molar refractivity (Wildman–Crippen MR) is 136 cm³/mol. The lowest BCUT2D eigenvalue weighted by Gasteiger charge is -2.09. The lowest BCUT2D eigenvalue weighted by molar-refractivity contribution is 0.601. The number of fused-ring (bicyclic) bond motifs is 2. The first-order valence-electron chi connectivity index (χ1n) is 11.5. The molecule has 0 atom stereocenters. The monoisotopic (exact) mass is 500 g/mol. The Bertz CT molecular complexity index is 1770. The Hall–Kier alpha value is -4.23. The summed E-state index contributed by atoms with van der Waals surface area (Å²) >= 11 is 0. The van der Waals surface area contributed by atoms with E-state index in [1.807, 2.05) is 24.3 Å². The first kappa shape index (κ1) is 23.5. The summed E-state index contributed by atoms with van der Waals surface area (Å²) in [5, 5.41) is 8.99. The molecule has 5 rings (SSSR count). The van der Waals surface area contributed by atoms with Crippen LogP contribution in [0.5, 0.6) is 0 Å². The van der Waals surface area contributed by atoms with Crippen LogP contribution in [0.25, 0.3) is 22.1 Å². The molecule has 0 bridgehead atoms. The van der Waals surface area contributed by atoms with Crippen LogP contribution in [0, 0.1) is 11.3 Å². The van der Waals surface area contributed by atoms with Gasteiger partial charge < -0.3 is 4.57 Å². The van der Waals surface area contributed by atoms with Crippen LogP contribution in [0.2, 0.25) is 0 Å². The molecule has 0 radical (unpaired) electrons. The highest BCUT2D eigenvalue weighted by atomic mass is 32.2. The van der Waals surface area contributed by atoms with Crippen LogP contribution >= 0.6 is 0 Å². The van der Waals surface area contributed by atoms with Crippen molar-refractivity contribution >= 4 is 31.9 Å². The number of imidazole rings is 2. The van der Waals surface area contributed by atoms with E-state index in [1.54, 1.807) is 51.9 Å². The number of para-hydroxylation sites is 2. The Labute approximate surface area is 207 Å². The Kier molecular flexibility index (Phi) is 6.16. The van der Waals surface area contributed by atoms with Gasteiger partial charge in [-0.25, -0.2) is 18.2 Å². The second-order valence-electron chi connectivity index (χ2n) is 8.67. The molecule has 3 heterocycles. The first-order chi connectivity index (χ1) is 17.4. The van der Waals surface area contributed by atoms with Crippen LogP contribution in [0.15, 0.2) is 76.7 Å². The zero-order valence-electron chi connectivity index (χ0n) is 19.7. The van der Waals surface area contributed by atoms with Gasteiger partial charge in [0.15, 0.2) is 9.84 Å². The maximum atomic E-state index is 13.6. The van der Waals surface area contributed by atoms with Gasteiger partial charge >= 0.3 is 5.69 Å². The number of rotatable bonds is 8. The van der Waals surface area contributed by atoms with Crippen molar-refractivity contribution in [2.24, 2.45) is 0 Å². The highest BCUT2D eigenvalue weighted by Gasteiger charge is 2.18. The molecule has 10 heteroatoms. The van der Waals surface area contributed by atoms with Crippen LogP contribution in [-0.4, -0.2) is 38.3 Å². The van der Waals surface area contributed by atoms with Crippen molar-refractivity contribution < 1.29 is 8.42 Å². The fourth-order valence-corrected chi connectivity index (χ4v) is 5.08. The van der Waals surface area contributed by atoms with Crippen LogP contribution in [0.4, 0.5) is 0 Å². The van der Waals surface area contributed by atoms with Gasteiger partial charge in [-0.15, -0.1) is 0 Å². The number of sulfone groups is 1. The Balaban J connectivity index is 1.56. The summed E-state index contributed by atoms with van der Waals surface area (Å²) in [6.07, 6.45) is 5.61. The van der Waals surface area contributed by atoms with Crippen molar-refractivity contribution in [1.29, 1.82) is 5.26 Å². The minimum absolute atomic E-state index is 0.208. The number of aryl methyl sites for hydroxylation is 1. The number of unbranched alkanes of at least 4 members (excludes halogenated alkanes) is 1. The molecule has 36 heavy (non-hydrogen) atoms. The van der Waals surface area contributed by atoms with Crippen molar-refractivity contribution in [1.82, 2.24) is 23.7 Å². The molecule has 2 aromatic carbocycles. The molecule has 0 saturated carbocycles. The zero-order valence-corrected chi connectivity index (χ0v) is 20.5. The van der Waals surface area contributed by atoms with Gasteiger partial charge in [-0.1, -0.05) is 24.3 Å². The van der Waals surface area contributed by atoms with E-state index in [-0.39, 0.29) is 23.7 Å². The van der Waals surface area contributed by atoms with Gasteiger partial charge in [-0.05, 0) is 42.3 Å². The third-order valence-electron chi connectivity index (χ3n) is 6.22. The standard InChI is InChI=1S/C26H24N6O3S/c1-36(34,35)20-10-8-19(9-11-20)17-31-23-12-14-28-16-24(23)32(26(31)33)18-25-29-21-6-2-3-7-22(21)30(25)15-5-4-13-27/h2-3,6-12,14,16H,4-5,15,17-18H2,1H3. The molecule has 0 amide bonds. The van der Waals surface area contributed by atoms with Gasteiger partial charge in [0, 0.05) is 25.4 Å². The summed E-state index contributed by atoms with van der Waals surface area (Å²) in [6, 6.07) is 18.3. The van der Waals surface area contributed by atoms with Crippen LogP contribution in [0.3, 0.4) is 0 Å². The second kappa shape index (κ2) is 9.43. The maximum absolute atomic E-state index is 13.6. The minimum Gasteiger partial charge on any atom is -0.326 e. The fraction of sp³-hybridized carbons (Fsp3) is 0.231. The lowest BCUT2D eigenvalue weighted by atomic mass is 10.2. The summed E-state index contributed by atoms with van der Waals surface area (Å²) < 4.78 is 29.0. The molecule has 0 unspecified atom stereocenters. The number of hydrogen-bond acceptors (Lipinski definition) is 6. The number of benzene rings is 2. The predicted octanol–water partition coefficient (Wildman–Crippen LogP) is 3.35. The highest BCUT2D eigenvalue weighted by Crippen LogP contribution is 2.20. The van der Waals surface area contributed by atoms with E-state index in [0.717, 1.165) is 27.9 Å². The molecular weight excluding hydrogens is 476 g/mol. The molecule has 0 fully saturated rings. The van der Waals surface area contributed by atoms with Gasteiger partial charge in [-0.3, -0.25) is 14.1 Å². The van der Waals surface area contributed by atoms with Crippen molar-refractivity contribution in [3.8, 4) is 6.07 Å². The number of nitriles is 1. The molecule has 0 saturated heterocycles. The summed E-state index contributed by atoms with van der Waals surface area (Å²) in [5.74, 6) is 0.733. The fourth-order valence-electron chi connectivity index (χ4n) is 4.45. The highest BCUT2D eigenvalue weighted by molar-refractivity contribution is 7.90. The van der Waals surface area contributed by atoms with Gasteiger partial charge in [0.05, 0.1) is 52.3 Å². The first-order valence-corrected chi connectivity index (χ1v) is 13.4. The van der Waals surface area contributed by atoms with Crippen molar-refractivity contribution in [2.75, 3.05) is 6.26 Å². The Morgan fingerprint density at radius 1 is 0.917 bits per heavy atom. The van der Waals surface area contributed by atoms with Gasteiger partial charge in [0.1, 0.15) is 5.82 Å². The molecule has 0 aliphatic heterocycles. The number of hydrogen-bond donors (Lipinski definition) is 0. The molecule has 0 spiro atoms. The number of pyridine rings is 1. The molecule has 9 nitrogen and oxygen atoms in total. The van der Waals surface area contributed by atoms with E-state index < -0.39 is 9.84 Å². The molecule has 0 aliphatic carbocycles. The van der Waals surface area contributed by atoms with Crippen LogP contribution in [0.1, 0.15) is 24.2 Å². The topological polar surface area (TPSA) is 116 Å². The van der Waals surface area contributed by atoms with E-state index in [4.69, 9.17) is 10.2 Å². The molecular formula is C26H24N6O3S. The van der Waals surface area contributed by atoms with E-state index in [2.05, 4.69) is 15.6 Å². The smallest absolute Gasteiger partial charge is 0.326 e. The molecule has 0 aliphatic rings. The van der Waals surface area contributed by atoms with Crippen LogP contribution in [-0.2, 0) is 29.5 Å². The largest absolute Gasteiger partial charge is 0.329 e. The average molecular weight is 501 g/mol. The van der Waals surface area contributed by atoms with E-state index in [0.29, 0.717) is 24.9 Å². The van der Waals surface area contributed by atoms with Gasteiger partial charge in [-0.2, -0.15) is 5.26 Å². The summed E-state index contributed by atoms with van der Waals surface area (Å²) in [5.41, 5.74) is 3.82. The van der Waals surface area contributed by atoms with E-state index >= 15 is 0 Å². The second-order valence-corrected chi connectivity index (χ2v) is 10.7. The molecule has 5 aromatic rings. The average Bonchev–Trinajstić information content (AvgIpc) is 3.34. The third-order valence-corrected chi connectivity index (χ3v) is 7.35. The SMILES string of the molecule is CS(=O)(=O)c1ccc(Cn2c(=O)n(Cc3nc4ccccc4n3CCCC#N)c3cnccc32)cc1. The number of aromatic nitrogens is 5. The quantitative estimate of drug-likeness (QED) is 0.302. The van der Waals surface area contributed by atoms with Gasteiger partial charge in [0.25, 0.3) is 0 Å². The molecule has 0 N–H and O–H groups in total. The maximum Gasteiger partial charge on any atom is 0.329 e. The Morgan fingerprint density at radius 2 is 1.67 bits per heavy atom. The zero-order chi connectivity index (χ0) is 25.3. The molecule has 182 valence electrons. The molecule has 3 aromatic heterocycles. The van der Waals surface area contributed by atoms with Crippen molar-refractivity contribution in [3.05, 3.63) is 88.9 Å². The van der Waals surface area contributed by atoms with E-state index in [9.17, 15) is 13.2 Å². The van der Waals surface area contributed by atoms with E-state index in [1.165, 1.54) is 6.26 Å². The summed E-state index contributed by atoms with van der Waals surface area (Å²) in [7, 11) is -3.30. The third kappa shape index (κ3) is 4.41.